The predicted octanol–water partition coefficient (Wildman–Crippen LogP) is 5.72. The number of carbonyl (C=O) groups excluding carboxylic acids is 1. The van der Waals surface area contributed by atoms with Gasteiger partial charge in [0.05, 0.1) is 5.69 Å². The lowest BCUT2D eigenvalue weighted by Gasteiger charge is -2.47. The van der Waals surface area contributed by atoms with E-state index in [1.807, 2.05) is 48.2 Å². The van der Waals surface area contributed by atoms with E-state index in [1.165, 1.54) is 0 Å². The molecule has 1 aliphatic heterocycles. The van der Waals surface area contributed by atoms with Gasteiger partial charge in [0, 0.05) is 16.9 Å². The van der Waals surface area contributed by atoms with Gasteiger partial charge in [-0.25, -0.2) is 0 Å². The largest absolute Gasteiger partial charge is 0.345 e. The van der Waals surface area contributed by atoms with Crippen molar-refractivity contribution in [3.8, 4) is 0 Å². The first-order chi connectivity index (χ1) is 12.8. The summed E-state index contributed by atoms with van der Waals surface area (Å²) in [5, 5.41) is 0. The van der Waals surface area contributed by atoms with Crippen LogP contribution in [-0.4, -0.2) is 12.1 Å². The van der Waals surface area contributed by atoms with Gasteiger partial charge < -0.3 is 4.74 Å². The highest BCUT2D eigenvalue weighted by molar-refractivity contribution is 5.96. The van der Waals surface area contributed by atoms with Crippen LogP contribution in [0.4, 0.5) is 5.69 Å². The fourth-order valence-corrected chi connectivity index (χ4v) is 3.62. The monoisotopic (exact) mass is 363 g/mol. The van der Waals surface area contributed by atoms with Crippen molar-refractivity contribution in [2.45, 2.75) is 46.4 Å². The van der Waals surface area contributed by atoms with Gasteiger partial charge in [-0.2, -0.15) is 0 Å². The van der Waals surface area contributed by atoms with E-state index < -0.39 is 0 Å². The summed E-state index contributed by atoms with van der Waals surface area (Å²) in [6, 6.07) is 18.3. The van der Waals surface area contributed by atoms with Crippen molar-refractivity contribution in [1.82, 2.24) is 0 Å². The summed E-state index contributed by atoms with van der Waals surface area (Å²) in [6.07, 6.45) is 1.91. The lowest BCUT2D eigenvalue weighted by molar-refractivity contribution is -0.130. The maximum Gasteiger partial charge on any atom is 0.232 e. The first kappa shape index (κ1) is 19.4. The number of rotatable bonds is 4. The minimum Gasteiger partial charge on any atom is -0.345 e. The predicted molar refractivity (Wildman–Crippen MR) is 111 cm³/mol. The lowest BCUT2D eigenvalue weighted by atomic mass is 9.87. The highest BCUT2D eigenvalue weighted by Gasteiger charge is 2.43. The van der Waals surface area contributed by atoms with E-state index >= 15 is 0 Å². The maximum absolute atomic E-state index is 13.3. The zero-order valence-electron chi connectivity index (χ0n) is 16.7. The molecule has 0 saturated heterocycles. The second-order valence-electron chi connectivity index (χ2n) is 8.34. The van der Waals surface area contributed by atoms with E-state index in [1.54, 1.807) is 6.08 Å². The van der Waals surface area contributed by atoms with E-state index in [4.69, 9.17) is 4.74 Å². The van der Waals surface area contributed by atoms with Gasteiger partial charge in [-0.05, 0) is 18.1 Å². The molecule has 0 saturated carbocycles. The van der Waals surface area contributed by atoms with Crippen LogP contribution in [0.1, 0.15) is 51.3 Å². The molecule has 0 fully saturated rings. The van der Waals surface area contributed by atoms with Crippen LogP contribution in [0.5, 0.6) is 0 Å². The zero-order chi connectivity index (χ0) is 19.6. The standard InChI is InChI=1S/C24H29NO2/c1-6-12-17(2)22(26)25-20-16-11-10-15-19(20)21(18-13-8-7-9-14-18)27-23(25)24(3,4)5/h6-11,13-17,21,23H,1,12H2,2-5H3/t17-,21-,23+/m0/s1. The van der Waals surface area contributed by atoms with Crippen LogP contribution >= 0.6 is 0 Å². The van der Waals surface area contributed by atoms with Crippen LogP contribution in [0, 0.1) is 11.3 Å². The molecule has 1 heterocycles. The van der Waals surface area contributed by atoms with Crippen LogP contribution in [0.15, 0.2) is 67.3 Å². The minimum absolute atomic E-state index is 0.0776. The third kappa shape index (κ3) is 3.84. The number of hydrogen-bond donors (Lipinski definition) is 0. The summed E-state index contributed by atoms with van der Waals surface area (Å²) in [4.78, 5) is 15.2. The van der Waals surface area contributed by atoms with E-state index in [9.17, 15) is 4.79 Å². The summed E-state index contributed by atoms with van der Waals surface area (Å²) >= 11 is 0. The van der Waals surface area contributed by atoms with Crippen molar-refractivity contribution in [2.75, 3.05) is 4.90 Å². The van der Waals surface area contributed by atoms with Crippen molar-refractivity contribution in [3.05, 3.63) is 78.4 Å². The van der Waals surface area contributed by atoms with Gasteiger partial charge in [-0.15, -0.1) is 6.58 Å². The molecule has 0 N–H and O–H groups in total. The summed E-state index contributed by atoms with van der Waals surface area (Å²) in [7, 11) is 0. The molecule has 3 heteroatoms. The molecule has 1 aliphatic rings. The number of hydrogen-bond acceptors (Lipinski definition) is 2. The van der Waals surface area contributed by atoms with Crippen LogP contribution in [0.2, 0.25) is 0 Å². The van der Waals surface area contributed by atoms with Crippen molar-refractivity contribution in [3.63, 3.8) is 0 Å². The smallest absolute Gasteiger partial charge is 0.232 e. The van der Waals surface area contributed by atoms with Gasteiger partial charge in [0.2, 0.25) is 5.91 Å². The first-order valence-electron chi connectivity index (χ1n) is 9.58. The fraction of sp³-hybridized carbons (Fsp3) is 0.375. The fourth-order valence-electron chi connectivity index (χ4n) is 3.62. The molecular weight excluding hydrogens is 334 g/mol. The zero-order valence-corrected chi connectivity index (χ0v) is 16.7. The molecule has 2 aromatic rings. The molecule has 3 nitrogen and oxygen atoms in total. The van der Waals surface area contributed by atoms with Gasteiger partial charge in [-0.1, -0.05) is 82.3 Å². The average Bonchev–Trinajstić information content (AvgIpc) is 2.66. The molecule has 1 amide bonds. The average molecular weight is 364 g/mol. The number of nitrogens with zero attached hydrogens (tertiary/aromatic N) is 1. The number of benzene rings is 2. The topological polar surface area (TPSA) is 29.5 Å². The van der Waals surface area contributed by atoms with Crippen molar-refractivity contribution in [1.29, 1.82) is 0 Å². The Kier molecular flexibility index (Phi) is 5.52. The maximum atomic E-state index is 13.3. The third-order valence-electron chi connectivity index (χ3n) is 5.00. The number of amides is 1. The van der Waals surface area contributed by atoms with Crippen LogP contribution < -0.4 is 4.90 Å². The highest BCUT2D eigenvalue weighted by Crippen LogP contribution is 2.45. The van der Waals surface area contributed by atoms with Gasteiger partial charge in [0.25, 0.3) is 0 Å². The molecule has 142 valence electrons. The Balaban J connectivity index is 2.13. The Labute approximate surface area is 162 Å². The van der Waals surface area contributed by atoms with E-state index in [-0.39, 0.29) is 29.6 Å². The summed E-state index contributed by atoms with van der Waals surface area (Å²) < 4.78 is 6.60. The molecule has 3 rings (SSSR count). The van der Waals surface area contributed by atoms with Gasteiger partial charge >= 0.3 is 0 Å². The Morgan fingerprint density at radius 1 is 1.15 bits per heavy atom. The number of allylic oxidation sites excluding steroid dienone is 1. The molecule has 0 aromatic heterocycles. The SMILES string of the molecule is C=CC[C@H](C)C(=O)N1c2ccccc2[C@H](c2ccccc2)O[C@@H]1C(C)(C)C. The molecule has 0 aliphatic carbocycles. The Morgan fingerprint density at radius 3 is 2.41 bits per heavy atom. The normalized spacial score (nSPS) is 20.7. The van der Waals surface area contributed by atoms with Crippen LogP contribution in [0.3, 0.4) is 0 Å². The molecule has 2 aromatic carbocycles. The van der Waals surface area contributed by atoms with E-state index in [0.29, 0.717) is 6.42 Å². The molecule has 3 atom stereocenters. The molecule has 0 radical (unpaired) electrons. The number of ether oxygens (including phenoxy) is 1. The van der Waals surface area contributed by atoms with Gasteiger partial charge in [-0.3, -0.25) is 9.69 Å². The quantitative estimate of drug-likeness (QED) is 0.650. The molecule has 0 unspecified atom stereocenters. The van der Waals surface area contributed by atoms with Crippen molar-refractivity contribution < 1.29 is 9.53 Å². The third-order valence-corrected chi connectivity index (χ3v) is 5.00. The second kappa shape index (κ2) is 7.69. The molecule has 0 spiro atoms. The number of carbonyl (C=O) groups is 1. The van der Waals surface area contributed by atoms with Gasteiger partial charge in [0.15, 0.2) is 0 Å². The number of fused-ring (bicyclic) bond motifs is 1. The Bertz CT molecular complexity index is 807. The summed E-state index contributed by atoms with van der Waals surface area (Å²) in [5.74, 6) is -0.0638. The van der Waals surface area contributed by atoms with Gasteiger partial charge in [0.1, 0.15) is 12.3 Å². The van der Waals surface area contributed by atoms with E-state index in [0.717, 1.165) is 16.8 Å². The van der Waals surface area contributed by atoms with Crippen LogP contribution in [0.25, 0.3) is 0 Å². The first-order valence-corrected chi connectivity index (χ1v) is 9.58. The van der Waals surface area contributed by atoms with E-state index in [2.05, 4.69) is 45.5 Å². The summed E-state index contributed by atoms with van der Waals surface area (Å²) in [6.45, 7) is 12.1. The number of anilines is 1. The Morgan fingerprint density at radius 2 is 1.78 bits per heavy atom. The Hall–Kier alpha value is -2.39. The van der Waals surface area contributed by atoms with Crippen molar-refractivity contribution in [2.24, 2.45) is 11.3 Å². The second-order valence-corrected chi connectivity index (χ2v) is 8.34. The minimum atomic E-state index is -0.350. The molecule has 0 bridgehead atoms. The van der Waals surface area contributed by atoms with Crippen molar-refractivity contribution >= 4 is 11.6 Å². The molecular formula is C24H29NO2. The molecule has 27 heavy (non-hydrogen) atoms. The number of para-hydroxylation sites is 1. The summed E-state index contributed by atoms with van der Waals surface area (Å²) in [5.41, 5.74) is 2.84. The highest BCUT2D eigenvalue weighted by atomic mass is 16.5. The lowest BCUT2D eigenvalue weighted by Crippen LogP contribution is -2.54. The van der Waals surface area contributed by atoms with Crippen LogP contribution in [-0.2, 0) is 9.53 Å².